The number of benzene rings is 1. The Morgan fingerprint density at radius 3 is 2.82 bits per heavy atom. The van der Waals surface area contributed by atoms with Crippen molar-refractivity contribution < 1.29 is 9.90 Å². The van der Waals surface area contributed by atoms with Crippen molar-refractivity contribution in [2.45, 2.75) is 12.2 Å². The first-order valence-electron chi connectivity index (χ1n) is 5.00. The van der Waals surface area contributed by atoms with Crippen LogP contribution in [0.25, 0.3) is 0 Å². The van der Waals surface area contributed by atoms with Crippen molar-refractivity contribution in [1.29, 1.82) is 0 Å². The highest BCUT2D eigenvalue weighted by atomic mass is 79.9. The number of carbonyl (C=O) groups is 1. The Labute approximate surface area is 122 Å². The van der Waals surface area contributed by atoms with Gasteiger partial charge in [-0.3, -0.25) is 4.79 Å². The van der Waals surface area contributed by atoms with Crippen LogP contribution in [0.5, 0.6) is 0 Å². The van der Waals surface area contributed by atoms with E-state index in [2.05, 4.69) is 37.2 Å². The maximum Gasteiger partial charge on any atom is 0.234 e. The second-order valence-corrected chi connectivity index (χ2v) is 6.67. The van der Waals surface area contributed by atoms with E-state index in [0.717, 1.165) is 14.6 Å². The van der Waals surface area contributed by atoms with Crippen molar-refractivity contribution in [3.63, 3.8) is 0 Å². The molecule has 0 saturated carbocycles. The zero-order chi connectivity index (χ0) is 12.8. The molecule has 0 fully saturated rings. The number of thioether (sulfide) groups is 1. The minimum Gasteiger partial charge on any atom is -0.395 e. The fourth-order valence-electron chi connectivity index (χ4n) is 1.05. The van der Waals surface area contributed by atoms with Crippen molar-refractivity contribution in [3.05, 3.63) is 27.1 Å². The Kier molecular flexibility index (Phi) is 6.54. The van der Waals surface area contributed by atoms with Crippen molar-refractivity contribution >= 4 is 55.2 Å². The zero-order valence-corrected chi connectivity index (χ0v) is 13.2. The van der Waals surface area contributed by atoms with E-state index < -0.39 is 0 Å². The smallest absolute Gasteiger partial charge is 0.234 e. The highest BCUT2D eigenvalue weighted by Crippen LogP contribution is 2.26. The summed E-state index contributed by atoms with van der Waals surface area (Å²) in [6.07, 6.45) is 0. The molecule has 1 aromatic carbocycles. The molecule has 2 N–H and O–H groups in total. The van der Waals surface area contributed by atoms with E-state index in [0.29, 0.717) is 5.75 Å². The average Bonchev–Trinajstić information content (AvgIpc) is 2.29. The molecule has 1 rings (SSSR count). The van der Waals surface area contributed by atoms with Crippen molar-refractivity contribution in [2.75, 3.05) is 17.7 Å². The molecule has 1 aromatic rings. The highest BCUT2D eigenvalue weighted by Gasteiger charge is 2.08. The Hall–Kier alpha value is -0.0400. The molecule has 0 spiro atoms. The van der Waals surface area contributed by atoms with Crippen molar-refractivity contribution in [3.8, 4) is 0 Å². The third kappa shape index (κ3) is 5.42. The monoisotopic (exact) mass is 381 g/mol. The van der Waals surface area contributed by atoms with Gasteiger partial charge in [0.15, 0.2) is 0 Å². The highest BCUT2D eigenvalue weighted by molar-refractivity contribution is 9.11. The Morgan fingerprint density at radius 1 is 1.53 bits per heavy atom. The van der Waals surface area contributed by atoms with Gasteiger partial charge < -0.3 is 10.4 Å². The normalized spacial score (nSPS) is 12.2. The third-order valence-corrected chi connectivity index (χ3v) is 4.26. The lowest BCUT2D eigenvalue weighted by Crippen LogP contribution is -2.17. The molecule has 3 nitrogen and oxygen atoms in total. The number of hydrogen-bond acceptors (Lipinski definition) is 3. The van der Waals surface area contributed by atoms with Crippen molar-refractivity contribution in [1.82, 2.24) is 0 Å². The van der Waals surface area contributed by atoms with Crippen molar-refractivity contribution in [2.24, 2.45) is 0 Å². The van der Waals surface area contributed by atoms with Gasteiger partial charge in [0.2, 0.25) is 5.91 Å². The van der Waals surface area contributed by atoms with E-state index in [1.165, 1.54) is 11.8 Å². The molecular weight excluding hydrogens is 370 g/mol. The number of hydrogen-bond donors (Lipinski definition) is 2. The van der Waals surface area contributed by atoms with Gasteiger partial charge in [0.25, 0.3) is 0 Å². The van der Waals surface area contributed by atoms with Gasteiger partial charge in [-0.05, 0) is 34.1 Å². The number of halogens is 2. The topological polar surface area (TPSA) is 49.3 Å². The molecule has 0 aliphatic rings. The number of amides is 1. The van der Waals surface area contributed by atoms with Gasteiger partial charge in [-0.2, -0.15) is 0 Å². The summed E-state index contributed by atoms with van der Waals surface area (Å²) in [5, 5.41) is 11.7. The van der Waals surface area contributed by atoms with Gasteiger partial charge in [-0.15, -0.1) is 11.8 Å². The van der Waals surface area contributed by atoms with Gasteiger partial charge in [-0.25, -0.2) is 0 Å². The van der Waals surface area contributed by atoms with Crippen LogP contribution in [-0.4, -0.2) is 28.6 Å². The molecule has 6 heteroatoms. The Morgan fingerprint density at radius 2 is 2.24 bits per heavy atom. The number of anilines is 1. The second kappa shape index (κ2) is 7.41. The summed E-state index contributed by atoms with van der Waals surface area (Å²) < 4.78 is 1.78. The SMILES string of the molecule is CC(CO)SCC(=O)Nc1ccc(Br)cc1Br. The third-order valence-electron chi connectivity index (χ3n) is 1.96. The maximum absolute atomic E-state index is 11.6. The lowest BCUT2D eigenvalue weighted by molar-refractivity contribution is -0.113. The molecule has 0 saturated heterocycles. The molecule has 0 heterocycles. The average molecular weight is 383 g/mol. The second-order valence-electron chi connectivity index (χ2n) is 3.48. The molecule has 0 bridgehead atoms. The summed E-state index contributed by atoms with van der Waals surface area (Å²) in [7, 11) is 0. The fraction of sp³-hybridized carbons (Fsp3) is 0.364. The standard InChI is InChI=1S/C11H13Br2NO2S/c1-7(5-15)17-6-11(16)14-10-3-2-8(12)4-9(10)13/h2-4,7,15H,5-6H2,1H3,(H,14,16). The van der Waals surface area contributed by atoms with Crippen LogP contribution in [0.1, 0.15) is 6.92 Å². The van der Waals surface area contributed by atoms with Crippen LogP contribution < -0.4 is 5.32 Å². The molecule has 0 aromatic heterocycles. The largest absolute Gasteiger partial charge is 0.395 e. The van der Waals surface area contributed by atoms with Gasteiger partial charge in [0.1, 0.15) is 0 Å². The quantitative estimate of drug-likeness (QED) is 0.821. The van der Waals surface area contributed by atoms with E-state index in [1.54, 1.807) is 0 Å². The number of aliphatic hydroxyl groups excluding tert-OH is 1. The van der Waals surface area contributed by atoms with Gasteiger partial charge in [0.05, 0.1) is 18.0 Å². The predicted molar refractivity (Wildman–Crippen MR) is 79.5 cm³/mol. The van der Waals surface area contributed by atoms with Crippen LogP contribution >= 0.6 is 43.6 Å². The summed E-state index contributed by atoms with van der Waals surface area (Å²) in [5.74, 6) is 0.267. The first kappa shape index (κ1) is 15.0. The number of nitrogens with one attached hydrogen (secondary N) is 1. The first-order valence-corrected chi connectivity index (χ1v) is 7.63. The molecule has 0 aliphatic heterocycles. The van der Waals surface area contributed by atoms with Gasteiger partial charge in [0, 0.05) is 14.2 Å². The van der Waals surface area contributed by atoms with Crippen LogP contribution in [0.15, 0.2) is 27.1 Å². The Balaban J connectivity index is 2.50. The lowest BCUT2D eigenvalue weighted by Gasteiger charge is -2.09. The lowest BCUT2D eigenvalue weighted by atomic mass is 10.3. The van der Waals surface area contributed by atoms with Gasteiger partial charge >= 0.3 is 0 Å². The predicted octanol–water partition coefficient (Wildman–Crippen LogP) is 3.26. The van der Waals surface area contributed by atoms with Crippen LogP contribution in [0.2, 0.25) is 0 Å². The summed E-state index contributed by atoms with van der Waals surface area (Å²) in [6.45, 7) is 1.97. The van der Waals surface area contributed by atoms with E-state index in [1.807, 2.05) is 25.1 Å². The van der Waals surface area contributed by atoms with E-state index >= 15 is 0 Å². The summed E-state index contributed by atoms with van der Waals surface area (Å²) in [6, 6.07) is 5.56. The molecule has 0 radical (unpaired) electrons. The molecule has 0 aliphatic carbocycles. The molecule has 1 unspecified atom stereocenters. The first-order chi connectivity index (χ1) is 8.02. The fourth-order valence-corrected chi connectivity index (χ4v) is 2.81. The van der Waals surface area contributed by atoms with Crippen LogP contribution in [-0.2, 0) is 4.79 Å². The summed E-state index contributed by atoms with van der Waals surface area (Å²) >= 11 is 8.15. The number of rotatable bonds is 5. The Bertz CT molecular complexity index is 401. The zero-order valence-electron chi connectivity index (χ0n) is 9.24. The van der Waals surface area contributed by atoms with Crippen LogP contribution in [0.3, 0.4) is 0 Å². The number of aliphatic hydroxyl groups is 1. The van der Waals surface area contributed by atoms with E-state index in [4.69, 9.17) is 5.11 Å². The van der Waals surface area contributed by atoms with Crippen LogP contribution in [0.4, 0.5) is 5.69 Å². The summed E-state index contributed by atoms with van der Waals surface area (Å²) in [5.41, 5.74) is 0.746. The van der Waals surface area contributed by atoms with Crippen LogP contribution in [0, 0.1) is 0 Å². The minimum absolute atomic E-state index is 0.0710. The molecule has 1 amide bonds. The molecule has 94 valence electrons. The maximum atomic E-state index is 11.6. The molecule has 1 atom stereocenters. The summed E-state index contributed by atoms with van der Waals surface area (Å²) in [4.78, 5) is 11.6. The van der Waals surface area contributed by atoms with E-state index in [9.17, 15) is 4.79 Å². The van der Waals surface area contributed by atoms with Gasteiger partial charge in [-0.1, -0.05) is 22.9 Å². The minimum atomic E-state index is -0.0710. The molecule has 17 heavy (non-hydrogen) atoms. The molecular formula is C11H13Br2NO2S. The van der Waals surface area contributed by atoms with E-state index in [-0.39, 0.29) is 17.8 Å². The number of carbonyl (C=O) groups excluding carboxylic acids is 1.